The van der Waals surface area contributed by atoms with Crippen molar-refractivity contribution in [1.29, 1.82) is 0 Å². The molecule has 1 fully saturated rings. The molecule has 1 saturated heterocycles. The molecule has 0 bridgehead atoms. The van der Waals surface area contributed by atoms with E-state index in [9.17, 15) is 4.79 Å². The lowest BCUT2D eigenvalue weighted by atomic mass is 10.1. The Labute approximate surface area is 160 Å². The van der Waals surface area contributed by atoms with Crippen LogP contribution in [0.1, 0.15) is 39.0 Å². The molecule has 1 amide bonds. The van der Waals surface area contributed by atoms with Crippen molar-refractivity contribution in [1.82, 2.24) is 19.8 Å². The monoisotopic (exact) mass is 384 g/mol. The van der Waals surface area contributed by atoms with Gasteiger partial charge in [0.1, 0.15) is 5.69 Å². The lowest BCUT2D eigenvalue weighted by Gasteiger charge is -2.23. The Hall–Kier alpha value is -2.09. The molecule has 3 heterocycles. The Morgan fingerprint density at radius 2 is 2.12 bits per heavy atom. The minimum absolute atomic E-state index is 0.00193. The van der Waals surface area contributed by atoms with Crippen LogP contribution in [0.25, 0.3) is 11.3 Å². The number of likely N-dealkylation sites (tertiary alicyclic amines) is 1. The number of hydrogen-bond acceptors (Lipinski definition) is 6. The summed E-state index contributed by atoms with van der Waals surface area (Å²) < 4.78 is 3.92. The first-order valence-electron chi connectivity index (χ1n) is 8.67. The van der Waals surface area contributed by atoms with E-state index in [0.29, 0.717) is 6.04 Å². The Balaban J connectivity index is 1.47. The lowest BCUT2D eigenvalue weighted by molar-refractivity contribution is 0.0967. The number of carbonyl (C=O) groups excluding carboxylic acids is 1. The van der Waals surface area contributed by atoms with Crippen molar-refractivity contribution in [3.8, 4) is 11.3 Å². The Bertz CT molecular complexity index is 873. The minimum atomic E-state index is -0.00193. The van der Waals surface area contributed by atoms with E-state index >= 15 is 0 Å². The summed E-state index contributed by atoms with van der Waals surface area (Å²) in [5, 5.41) is 8.79. The molecule has 0 unspecified atom stereocenters. The second kappa shape index (κ2) is 7.65. The third-order valence-corrected chi connectivity index (χ3v) is 6.45. The van der Waals surface area contributed by atoms with Crippen molar-refractivity contribution in [2.24, 2.45) is 0 Å². The SMILES string of the molecule is CNC(=O)c1ccc([C@H]2CCCN2Cc2ccc(-c3csnn3)cc2)s1. The number of aromatic nitrogens is 2. The van der Waals surface area contributed by atoms with Gasteiger partial charge in [-0.25, -0.2) is 0 Å². The number of rotatable bonds is 5. The van der Waals surface area contributed by atoms with E-state index in [4.69, 9.17) is 0 Å². The van der Waals surface area contributed by atoms with Gasteiger partial charge in [-0.15, -0.1) is 16.4 Å². The molecule has 0 radical (unpaired) electrons. The fraction of sp³-hybridized carbons (Fsp3) is 0.316. The summed E-state index contributed by atoms with van der Waals surface area (Å²) in [6.45, 7) is 2.02. The normalized spacial score (nSPS) is 17.5. The zero-order valence-corrected chi connectivity index (χ0v) is 16.1. The standard InChI is InChI=1S/C19H20N4OS2/c1-20-19(24)18-9-8-17(26-18)16-3-2-10-23(16)11-13-4-6-14(7-5-13)15-12-25-22-21-15/h4-9,12,16H,2-3,10-11H2,1H3,(H,20,24)/t16-/m1/s1. The lowest BCUT2D eigenvalue weighted by Crippen LogP contribution is -2.22. The topological polar surface area (TPSA) is 58.1 Å². The van der Waals surface area contributed by atoms with Crippen LogP contribution in [0.2, 0.25) is 0 Å². The number of amides is 1. The zero-order chi connectivity index (χ0) is 17.9. The second-order valence-electron chi connectivity index (χ2n) is 6.40. The van der Waals surface area contributed by atoms with Gasteiger partial charge >= 0.3 is 0 Å². The smallest absolute Gasteiger partial charge is 0.261 e. The molecule has 2 aromatic heterocycles. The van der Waals surface area contributed by atoms with Gasteiger partial charge in [0, 0.05) is 35.5 Å². The van der Waals surface area contributed by atoms with E-state index in [1.54, 1.807) is 18.4 Å². The number of benzene rings is 1. The number of thiophene rings is 1. The third kappa shape index (κ3) is 3.56. The highest BCUT2D eigenvalue weighted by Gasteiger charge is 2.27. The van der Waals surface area contributed by atoms with Gasteiger partial charge < -0.3 is 5.32 Å². The quantitative estimate of drug-likeness (QED) is 0.723. The van der Waals surface area contributed by atoms with Crippen LogP contribution in [-0.2, 0) is 6.54 Å². The van der Waals surface area contributed by atoms with Crippen LogP contribution in [-0.4, -0.2) is 34.0 Å². The summed E-state index contributed by atoms with van der Waals surface area (Å²) in [5.41, 5.74) is 3.33. The minimum Gasteiger partial charge on any atom is -0.354 e. The van der Waals surface area contributed by atoms with E-state index in [1.165, 1.54) is 28.4 Å². The average Bonchev–Trinajstić information content (AvgIpc) is 3.42. The number of nitrogens with zero attached hydrogens (tertiary/aromatic N) is 3. The summed E-state index contributed by atoms with van der Waals surface area (Å²) in [5.74, 6) is -0.00193. The molecular formula is C19H20N4OS2. The molecule has 1 aromatic carbocycles. The molecule has 26 heavy (non-hydrogen) atoms. The molecule has 1 aliphatic heterocycles. The van der Waals surface area contributed by atoms with Crippen LogP contribution in [0.5, 0.6) is 0 Å². The van der Waals surface area contributed by atoms with Crippen molar-refractivity contribution >= 4 is 28.8 Å². The molecule has 3 aromatic rings. The Kier molecular flexibility index (Phi) is 5.10. The van der Waals surface area contributed by atoms with Crippen LogP contribution < -0.4 is 5.32 Å². The van der Waals surface area contributed by atoms with E-state index in [2.05, 4.69) is 50.1 Å². The second-order valence-corrected chi connectivity index (χ2v) is 8.12. The van der Waals surface area contributed by atoms with Gasteiger partial charge in [0.25, 0.3) is 5.91 Å². The highest BCUT2D eigenvalue weighted by atomic mass is 32.1. The van der Waals surface area contributed by atoms with Gasteiger partial charge in [-0.1, -0.05) is 28.8 Å². The summed E-state index contributed by atoms with van der Waals surface area (Å²) >= 11 is 2.98. The molecule has 134 valence electrons. The number of hydrogen-bond donors (Lipinski definition) is 1. The number of carbonyl (C=O) groups is 1. The van der Waals surface area contributed by atoms with Crippen molar-refractivity contribution < 1.29 is 4.79 Å². The van der Waals surface area contributed by atoms with Crippen LogP contribution in [0, 0.1) is 0 Å². The fourth-order valence-corrected chi connectivity index (χ4v) is 5.01. The molecule has 7 heteroatoms. The maximum atomic E-state index is 11.8. The van der Waals surface area contributed by atoms with Crippen LogP contribution >= 0.6 is 22.9 Å². The fourth-order valence-electron chi connectivity index (χ4n) is 3.42. The molecule has 5 nitrogen and oxygen atoms in total. The summed E-state index contributed by atoms with van der Waals surface area (Å²) in [6.07, 6.45) is 2.34. The first-order valence-corrected chi connectivity index (χ1v) is 10.3. The highest BCUT2D eigenvalue weighted by molar-refractivity contribution is 7.14. The van der Waals surface area contributed by atoms with E-state index in [-0.39, 0.29) is 5.91 Å². The molecule has 0 saturated carbocycles. The van der Waals surface area contributed by atoms with Crippen molar-refractivity contribution in [2.75, 3.05) is 13.6 Å². The molecular weight excluding hydrogens is 364 g/mol. The molecule has 4 rings (SSSR count). The first kappa shape index (κ1) is 17.3. The van der Waals surface area contributed by atoms with Crippen LogP contribution in [0.15, 0.2) is 41.8 Å². The average molecular weight is 385 g/mol. The van der Waals surface area contributed by atoms with Crippen LogP contribution in [0.4, 0.5) is 0 Å². The maximum Gasteiger partial charge on any atom is 0.261 e. The third-order valence-electron chi connectivity index (χ3n) is 4.77. The highest BCUT2D eigenvalue weighted by Crippen LogP contribution is 2.37. The molecule has 1 atom stereocenters. The molecule has 1 aliphatic rings. The van der Waals surface area contributed by atoms with Gasteiger partial charge in [0.2, 0.25) is 0 Å². The van der Waals surface area contributed by atoms with E-state index < -0.39 is 0 Å². The van der Waals surface area contributed by atoms with Gasteiger partial charge in [-0.3, -0.25) is 9.69 Å². The van der Waals surface area contributed by atoms with Gasteiger partial charge in [-0.2, -0.15) is 0 Å². The summed E-state index contributed by atoms with van der Waals surface area (Å²) in [6, 6.07) is 13.0. The van der Waals surface area contributed by atoms with E-state index in [0.717, 1.165) is 35.6 Å². The van der Waals surface area contributed by atoms with Crippen molar-refractivity contribution in [3.63, 3.8) is 0 Å². The number of nitrogens with one attached hydrogen (secondary N) is 1. The predicted octanol–water partition coefficient (Wildman–Crippen LogP) is 3.96. The first-order chi connectivity index (χ1) is 12.7. The largest absolute Gasteiger partial charge is 0.354 e. The van der Waals surface area contributed by atoms with Crippen molar-refractivity contribution in [2.45, 2.75) is 25.4 Å². The molecule has 1 N–H and O–H groups in total. The van der Waals surface area contributed by atoms with Crippen LogP contribution in [0.3, 0.4) is 0 Å². The summed E-state index contributed by atoms with van der Waals surface area (Å²) in [4.78, 5) is 16.4. The molecule has 0 spiro atoms. The Morgan fingerprint density at radius 3 is 2.85 bits per heavy atom. The maximum absolute atomic E-state index is 11.8. The Morgan fingerprint density at radius 1 is 1.27 bits per heavy atom. The zero-order valence-electron chi connectivity index (χ0n) is 14.5. The van der Waals surface area contributed by atoms with Gasteiger partial charge in [0.15, 0.2) is 0 Å². The van der Waals surface area contributed by atoms with Gasteiger partial charge in [-0.05, 0) is 48.6 Å². The van der Waals surface area contributed by atoms with Crippen molar-refractivity contribution in [3.05, 3.63) is 57.1 Å². The summed E-state index contributed by atoms with van der Waals surface area (Å²) in [7, 11) is 1.68. The predicted molar refractivity (Wildman–Crippen MR) is 105 cm³/mol. The van der Waals surface area contributed by atoms with Gasteiger partial charge in [0.05, 0.1) is 4.88 Å². The molecule has 0 aliphatic carbocycles. The van der Waals surface area contributed by atoms with E-state index in [1.807, 2.05) is 11.4 Å².